The van der Waals surface area contributed by atoms with Gasteiger partial charge in [0, 0.05) is 11.8 Å². The molecule has 1 amide bonds. The fourth-order valence-corrected chi connectivity index (χ4v) is 2.69. The number of aryl methyl sites for hydroxylation is 1. The Hall–Kier alpha value is -3.15. The van der Waals surface area contributed by atoms with E-state index in [-0.39, 0.29) is 23.9 Å². The van der Waals surface area contributed by atoms with Gasteiger partial charge in [-0.15, -0.1) is 0 Å². The summed E-state index contributed by atoms with van der Waals surface area (Å²) in [4.78, 5) is 24.2. The van der Waals surface area contributed by atoms with E-state index in [1.807, 2.05) is 56.3 Å². The van der Waals surface area contributed by atoms with Gasteiger partial charge in [-0.05, 0) is 38.1 Å². The highest BCUT2D eigenvalue weighted by atomic mass is 16.5. The highest BCUT2D eigenvalue weighted by molar-refractivity contribution is 5.92. The summed E-state index contributed by atoms with van der Waals surface area (Å²) in [5.74, 6) is 0.497. The Morgan fingerprint density at radius 1 is 1.15 bits per heavy atom. The van der Waals surface area contributed by atoms with Crippen molar-refractivity contribution in [1.29, 1.82) is 0 Å². The largest absolute Gasteiger partial charge is 0.489 e. The molecule has 6 nitrogen and oxygen atoms in total. The van der Waals surface area contributed by atoms with Crippen LogP contribution < -0.4 is 15.5 Å². The average Bonchev–Trinajstić information content (AvgIpc) is 2.63. The second-order valence-corrected chi connectivity index (χ2v) is 6.21. The fourth-order valence-electron chi connectivity index (χ4n) is 2.69. The van der Waals surface area contributed by atoms with Crippen molar-refractivity contribution < 1.29 is 9.53 Å². The molecule has 3 aromatic rings. The first kappa shape index (κ1) is 17.7. The number of hydrogen-bond acceptors (Lipinski definition) is 4. The smallest absolute Gasteiger partial charge is 0.226 e. The summed E-state index contributed by atoms with van der Waals surface area (Å²) in [6.45, 7) is 4.25. The third-order valence-corrected chi connectivity index (χ3v) is 3.84. The molecule has 0 saturated heterocycles. The lowest BCUT2D eigenvalue weighted by Crippen LogP contribution is -2.18. The molecular formula is C20H21N3O3. The number of rotatable bonds is 6. The highest BCUT2D eigenvalue weighted by Crippen LogP contribution is 2.25. The first-order valence-electron chi connectivity index (χ1n) is 8.55. The highest BCUT2D eigenvalue weighted by Gasteiger charge is 2.10. The summed E-state index contributed by atoms with van der Waals surface area (Å²) < 4.78 is 7.39. The van der Waals surface area contributed by atoms with Crippen molar-refractivity contribution in [2.45, 2.75) is 32.9 Å². The normalized spacial score (nSPS) is 10.9. The number of aromatic nitrogens is 2. The lowest BCUT2D eigenvalue weighted by atomic mass is 10.2. The minimum atomic E-state index is -0.144. The van der Waals surface area contributed by atoms with E-state index in [9.17, 15) is 9.59 Å². The SMILES string of the molecule is CC(C)Oc1ccccc1NC(=O)CCn1ncc(=O)c2ccccc21. The minimum absolute atomic E-state index is 0.0183. The quantitative estimate of drug-likeness (QED) is 0.740. The number of amides is 1. The molecule has 3 rings (SSSR count). The predicted octanol–water partition coefficient (Wildman–Crippen LogP) is 3.21. The Labute approximate surface area is 151 Å². The fraction of sp³-hybridized carbons (Fsp3) is 0.250. The van der Waals surface area contributed by atoms with Crippen LogP contribution >= 0.6 is 0 Å². The number of benzene rings is 2. The number of para-hydroxylation sites is 3. The van der Waals surface area contributed by atoms with Crippen LogP contribution in [0.15, 0.2) is 59.5 Å². The van der Waals surface area contributed by atoms with Gasteiger partial charge in [0.2, 0.25) is 11.3 Å². The zero-order valence-corrected chi connectivity index (χ0v) is 14.8. The molecule has 0 saturated carbocycles. The number of carbonyl (C=O) groups excluding carboxylic acids is 1. The molecule has 0 unspecified atom stereocenters. The molecule has 1 aromatic heterocycles. The van der Waals surface area contributed by atoms with E-state index >= 15 is 0 Å². The molecule has 134 valence electrons. The van der Waals surface area contributed by atoms with Crippen LogP contribution in [0.5, 0.6) is 5.75 Å². The van der Waals surface area contributed by atoms with Gasteiger partial charge in [0.1, 0.15) is 5.75 Å². The second kappa shape index (κ2) is 7.82. The number of carbonyl (C=O) groups is 1. The monoisotopic (exact) mass is 351 g/mol. The van der Waals surface area contributed by atoms with Gasteiger partial charge in [-0.3, -0.25) is 14.3 Å². The summed E-state index contributed by atoms with van der Waals surface area (Å²) in [6.07, 6.45) is 1.53. The zero-order valence-electron chi connectivity index (χ0n) is 14.8. The Bertz CT molecular complexity index is 979. The number of fused-ring (bicyclic) bond motifs is 1. The van der Waals surface area contributed by atoms with Gasteiger partial charge in [-0.1, -0.05) is 24.3 Å². The van der Waals surface area contributed by atoms with Crippen LogP contribution in [0.4, 0.5) is 5.69 Å². The van der Waals surface area contributed by atoms with Crippen molar-refractivity contribution in [3.8, 4) is 5.75 Å². The van der Waals surface area contributed by atoms with Crippen LogP contribution in [0.25, 0.3) is 10.9 Å². The molecule has 0 aliphatic rings. The van der Waals surface area contributed by atoms with Gasteiger partial charge in [-0.2, -0.15) is 5.10 Å². The van der Waals surface area contributed by atoms with E-state index in [1.165, 1.54) is 6.20 Å². The molecule has 0 aliphatic heterocycles. The summed E-state index contributed by atoms with van der Waals surface area (Å²) >= 11 is 0. The lowest BCUT2D eigenvalue weighted by molar-refractivity contribution is -0.116. The van der Waals surface area contributed by atoms with E-state index in [0.29, 0.717) is 23.4 Å². The van der Waals surface area contributed by atoms with E-state index in [0.717, 1.165) is 5.52 Å². The van der Waals surface area contributed by atoms with Crippen molar-refractivity contribution in [1.82, 2.24) is 9.78 Å². The van der Waals surface area contributed by atoms with Gasteiger partial charge >= 0.3 is 0 Å². The van der Waals surface area contributed by atoms with Gasteiger partial charge in [0.05, 0.1) is 30.0 Å². The van der Waals surface area contributed by atoms with Crippen LogP contribution in [-0.2, 0) is 11.3 Å². The molecular weight excluding hydrogens is 330 g/mol. The molecule has 0 spiro atoms. The minimum Gasteiger partial charge on any atom is -0.489 e. The maximum atomic E-state index is 12.4. The van der Waals surface area contributed by atoms with Gasteiger partial charge in [0.25, 0.3) is 0 Å². The molecule has 0 radical (unpaired) electrons. The summed E-state index contributed by atoms with van der Waals surface area (Å²) in [5, 5.41) is 7.62. The van der Waals surface area contributed by atoms with Gasteiger partial charge in [-0.25, -0.2) is 0 Å². The van der Waals surface area contributed by atoms with E-state index in [2.05, 4.69) is 10.4 Å². The average molecular weight is 351 g/mol. The predicted molar refractivity (Wildman–Crippen MR) is 101 cm³/mol. The van der Waals surface area contributed by atoms with Gasteiger partial charge < -0.3 is 10.1 Å². The zero-order chi connectivity index (χ0) is 18.5. The van der Waals surface area contributed by atoms with E-state index < -0.39 is 0 Å². The van der Waals surface area contributed by atoms with Crippen molar-refractivity contribution >= 4 is 22.5 Å². The first-order chi connectivity index (χ1) is 12.5. The third-order valence-electron chi connectivity index (χ3n) is 3.84. The molecule has 0 aliphatic carbocycles. The van der Waals surface area contributed by atoms with Crippen molar-refractivity contribution in [3.05, 3.63) is 65.0 Å². The molecule has 6 heteroatoms. The van der Waals surface area contributed by atoms with Crippen molar-refractivity contribution in [2.24, 2.45) is 0 Å². The first-order valence-corrected chi connectivity index (χ1v) is 8.55. The van der Waals surface area contributed by atoms with E-state index in [1.54, 1.807) is 10.7 Å². The van der Waals surface area contributed by atoms with Crippen molar-refractivity contribution in [3.63, 3.8) is 0 Å². The Balaban J connectivity index is 1.71. The number of nitrogens with zero attached hydrogens (tertiary/aromatic N) is 2. The molecule has 0 fully saturated rings. The number of anilines is 1. The second-order valence-electron chi connectivity index (χ2n) is 6.21. The maximum absolute atomic E-state index is 12.4. The van der Waals surface area contributed by atoms with Gasteiger partial charge in [0.15, 0.2) is 0 Å². The standard InChI is InChI=1S/C20H21N3O3/c1-14(2)26-19-10-6-4-8-16(19)22-20(25)11-12-23-17-9-5-3-7-15(17)18(24)13-21-23/h3-10,13-14H,11-12H2,1-2H3,(H,22,25). The lowest BCUT2D eigenvalue weighted by Gasteiger charge is -2.15. The molecule has 1 heterocycles. The summed E-state index contributed by atoms with van der Waals surface area (Å²) in [6, 6.07) is 14.6. The number of nitrogens with one attached hydrogen (secondary N) is 1. The summed E-state index contributed by atoms with van der Waals surface area (Å²) in [7, 11) is 0. The number of ether oxygens (including phenoxy) is 1. The number of hydrogen-bond donors (Lipinski definition) is 1. The van der Waals surface area contributed by atoms with Crippen molar-refractivity contribution in [2.75, 3.05) is 5.32 Å². The molecule has 0 atom stereocenters. The van der Waals surface area contributed by atoms with Crippen LogP contribution in [-0.4, -0.2) is 21.8 Å². The van der Waals surface area contributed by atoms with Crippen LogP contribution in [0.2, 0.25) is 0 Å². The van der Waals surface area contributed by atoms with Crippen LogP contribution in [0, 0.1) is 0 Å². The molecule has 26 heavy (non-hydrogen) atoms. The molecule has 1 N–H and O–H groups in total. The third kappa shape index (κ3) is 4.08. The molecule has 2 aromatic carbocycles. The Morgan fingerprint density at radius 3 is 2.69 bits per heavy atom. The Morgan fingerprint density at radius 2 is 1.88 bits per heavy atom. The van der Waals surface area contributed by atoms with Crippen LogP contribution in [0.3, 0.4) is 0 Å². The molecule has 0 bridgehead atoms. The van der Waals surface area contributed by atoms with Crippen LogP contribution in [0.1, 0.15) is 20.3 Å². The summed E-state index contributed by atoms with van der Waals surface area (Å²) in [5.41, 5.74) is 1.24. The topological polar surface area (TPSA) is 73.2 Å². The maximum Gasteiger partial charge on any atom is 0.226 e. The van der Waals surface area contributed by atoms with E-state index in [4.69, 9.17) is 4.74 Å². The Kier molecular flexibility index (Phi) is 5.31.